The Bertz CT molecular complexity index is 112. The second kappa shape index (κ2) is 3.37. The number of thiol groups is 2. The zero-order chi connectivity index (χ0) is 7.49. The fraction of sp³-hybridized carbons (Fsp3) is 0.800. The summed E-state index contributed by atoms with van der Waals surface area (Å²) in [6.45, 7) is 1.89. The van der Waals surface area contributed by atoms with Gasteiger partial charge in [0, 0.05) is 0 Å². The summed E-state index contributed by atoms with van der Waals surface area (Å²) in [5.41, 5.74) is 0. The van der Waals surface area contributed by atoms with E-state index in [2.05, 4.69) is 25.3 Å². The van der Waals surface area contributed by atoms with Crippen LogP contribution in [-0.2, 0) is 4.79 Å². The van der Waals surface area contributed by atoms with Gasteiger partial charge in [-0.05, 0) is 6.42 Å². The second-order valence-corrected chi connectivity index (χ2v) is 3.75. The van der Waals surface area contributed by atoms with Crippen molar-refractivity contribution in [2.45, 2.75) is 23.8 Å². The highest BCUT2D eigenvalue weighted by Crippen LogP contribution is 2.25. The molecule has 0 heterocycles. The Labute approximate surface area is 65.5 Å². The van der Waals surface area contributed by atoms with Crippen molar-refractivity contribution in [1.29, 1.82) is 0 Å². The molecule has 0 unspecified atom stereocenters. The molecule has 54 valence electrons. The van der Waals surface area contributed by atoms with Crippen molar-refractivity contribution in [3.63, 3.8) is 0 Å². The first kappa shape index (κ1) is 9.17. The molecule has 0 atom stereocenters. The maximum atomic E-state index is 10.3. The van der Waals surface area contributed by atoms with Crippen LogP contribution in [0.25, 0.3) is 0 Å². The lowest BCUT2D eigenvalue weighted by Crippen LogP contribution is -2.25. The molecule has 0 saturated carbocycles. The van der Waals surface area contributed by atoms with Crippen molar-refractivity contribution in [2.75, 3.05) is 0 Å². The quantitative estimate of drug-likeness (QED) is 0.438. The molecular formula is C5H10O2S2. The van der Waals surface area contributed by atoms with Gasteiger partial charge in [-0.1, -0.05) is 13.3 Å². The van der Waals surface area contributed by atoms with Crippen molar-refractivity contribution < 1.29 is 9.90 Å². The second-order valence-electron chi connectivity index (χ2n) is 1.87. The summed E-state index contributed by atoms with van der Waals surface area (Å²) in [6, 6.07) is 0. The largest absolute Gasteiger partial charge is 0.480 e. The molecule has 0 spiro atoms. The predicted molar refractivity (Wildman–Crippen MR) is 43.2 cm³/mol. The number of carboxylic acid groups (broad SMARTS) is 1. The van der Waals surface area contributed by atoms with Crippen LogP contribution in [0, 0.1) is 0 Å². The van der Waals surface area contributed by atoms with Crippen molar-refractivity contribution in [3.05, 3.63) is 0 Å². The Hall–Kier alpha value is 0.170. The van der Waals surface area contributed by atoms with Crippen molar-refractivity contribution in [2.24, 2.45) is 0 Å². The third-order valence-electron chi connectivity index (χ3n) is 0.941. The topological polar surface area (TPSA) is 37.3 Å². The molecule has 0 rings (SSSR count). The minimum atomic E-state index is -1.14. The Kier molecular flexibility index (Phi) is 3.43. The zero-order valence-electron chi connectivity index (χ0n) is 5.16. The molecule has 0 radical (unpaired) electrons. The molecule has 0 aromatic rings. The van der Waals surface area contributed by atoms with Crippen LogP contribution in [0.2, 0.25) is 0 Å². The number of carboxylic acids is 1. The van der Waals surface area contributed by atoms with Gasteiger partial charge < -0.3 is 5.11 Å². The van der Waals surface area contributed by atoms with Crippen LogP contribution in [0.15, 0.2) is 0 Å². The summed E-state index contributed by atoms with van der Waals surface area (Å²) >= 11 is 7.65. The Morgan fingerprint density at radius 1 is 1.67 bits per heavy atom. The number of aliphatic carboxylic acids is 1. The summed E-state index contributed by atoms with van der Waals surface area (Å²) in [5.74, 6) is -0.976. The molecule has 0 aliphatic carbocycles. The third-order valence-corrected chi connectivity index (χ3v) is 1.77. The van der Waals surface area contributed by atoms with Crippen LogP contribution < -0.4 is 0 Å². The SMILES string of the molecule is CCCC(S)(S)C(=O)O. The van der Waals surface area contributed by atoms with Crippen LogP contribution in [0.1, 0.15) is 19.8 Å². The minimum absolute atomic E-state index is 0.481. The van der Waals surface area contributed by atoms with E-state index in [1.165, 1.54) is 0 Å². The third kappa shape index (κ3) is 3.01. The van der Waals surface area contributed by atoms with Gasteiger partial charge in [-0.15, -0.1) is 0 Å². The van der Waals surface area contributed by atoms with Gasteiger partial charge in [0.2, 0.25) is 0 Å². The van der Waals surface area contributed by atoms with E-state index in [1.807, 2.05) is 6.92 Å². The van der Waals surface area contributed by atoms with E-state index < -0.39 is 10.0 Å². The first-order chi connectivity index (χ1) is 4.00. The standard InChI is InChI=1S/C5H10O2S2/c1-2-3-5(8,9)4(6)7/h8-9H,2-3H2,1H3,(H,6,7). The van der Waals surface area contributed by atoms with Crippen molar-refractivity contribution >= 4 is 31.2 Å². The average Bonchev–Trinajstić information content (AvgIpc) is 1.65. The molecule has 0 aromatic carbocycles. The normalized spacial score (nSPS) is 11.4. The molecule has 1 N–H and O–H groups in total. The van der Waals surface area contributed by atoms with Crippen molar-refractivity contribution in [3.8, 4) is 0 Å². The van der Waals surface area contributed by atoms with Crippen LogP contribution in [0.4, 0.5) is 0 Å². The molecule has 0 aromatic heterocycles. The Morgan fingerprint density at radius 2 is 2.11 bits per heavy atom. The van der Waals surface area contributed by atoms with E-state index in [0.29, 0.717) is 6.42 Å². The van der Waals surface area contributed by atoms with Gasteiger partial charge in [0.25, 0.3) is 0 Å². The van der Waals surface area contributed by atoms with Crippen LogP contribution >= 0.6 is 25.3 Å². The first-order valence-corrected chi connectivity index (χ1v) is 3.58. The molecule has 9 heavy (non-hydrogen) atoms. The molecule has 0 aliphatic heterocycles. The lowest BCUT2D eigenvalue weighted by atomic mass is 10.2. The summed E-state index contributed by atoms with van der Waals surface area (Å²) in [5, 5.41) is 8.42. The predicted octanol–water partition coefficient (Wildman–Crippen LogP) is 1.43. The highest BCUT2D eigenvalue weighted by atomic mass is 32.2. The molecule has 0 aliphatic rings. The fourth-order valence-corrected chi connectivity index (χ4v) is 0.903. The maximum Gasteiger partial charge on any atom is 0.329 e. The Balaban J connectivity index is 3.85. The summed E-state index contributed by atoms with van der Waals surface area (Å²) in [4.78, 5) is 10.3. The Morgan fingerprint density at radius 3 is 2.22 bits per heavy atom. The summed E-state index contributed by atoms with van der Waals surface area (Å²) in [6.07, 6.45) is 1.26. The monoisotopic (exact) mass is 166 g/mol. The number of carbonyl (C=O) groups is 1. The average molecular weight is 166 g/mol. The number of rotatable bonds is 3. The zero-order valence-corrected chi connectivity index (χ0v) is 6.95. The first-order valence-electron chi connectivity index (χ1n) is 2.69. The van der Waals surface area contributed by atoms with E-state index in [4.69, 9.17) is 5.11 Å². The van der Waals surface area contributed by atoms with Gasteiger partial charge in [-0.2, -0.15) is 25.3 Å². The van der Waals surface area contributed by atoms with Gasteiger partial charge in [0.1, 0.15) is 0 Å². The lowest BCUT2D eigenvalue weighted by Gasteiger charge is -2.14. The molecule has 0 fully saturated rings. The van der Waals surface area contributed by atoms with E-state index in [9.17, 15) is 4.79 Å². The molecular weight excluding hydrogens is 156 g/mol. The maximum absolute atomic E-state index is 10.3. The van der Waals surface area contributed by atoms with Gasteiger partial charge in [-0.25, -0.2) is 4.79 Å². The highest BCUT2D eigenvalue weighted by Gasteiger charge is 2.27. The van der Waals surface area contributed by atoms with E-state index >= 15 is 0 Å². The van der Waals surface area contributed by atoms with E-state index in [1.54, 1.807) is 0 Å². The fourth-order valence-electron chi connectivity index (χ4n) is 0.456. The molecule has 0 saturated heterocycles. The number of hydrogen-bond donors (Lipinski definition) is 3. The summed E-state index contributed by atoms with van der Waals surface area (Å²) in [7, 11) is 0. The molecule has 0 bridgehead atoms. The van der Waals surface area contributed by atoms with Crippen LogP contribution in [0.3, 0.4) is 0 Å². The minimum Gasteiger partial charge on any atom is -0.480 e. The van der Waals surface area contributed by atoms with Crippen molar-refractivity contribution in [1.82, 2.24) is 0 Å². The van der Waals surface area contributed by atoms with Gasteiger partial charge >= 0.3 is 5.97 Å². The van der Waals surface area contributed by atoms with E-state index in [0.717, 1.165) is 6.42 Å². The molecule has 0 amide bonds. The van der Waals surface area contributed by atoms with E-state index in [-0.39, 0.29) is 0 Å². The van der Waals surface area contributed by atoms with Crippen LogP contribution in [0.5, 0.6) is 0 Å². The van der Waals surface area contributed by atoms with Crippen LogP contribution in [-0.4, -0.2) is 15.2 Å². The lowest BCUT2D eigenvalue weighted by molar-refractivity contribution is -0.137. The van der Waals surface area contributed by atoms with Gasteiger partial charge in [-0.3, -0.25) is 0 Å². The molecule has 4 heteroatoms. The number of hydrogen-bond acceptors (Lipinski definition) is 3. The summed E-state index contributed by atoms with van der Waals surface area (Å²) < 4.78 is -1.14. The smallest absolute Gasteiger partial charge is 0.329 e. The molecule has 2 nitrogen and oxygen atoms in total. The van der Waals surface area contributed by atoms with Gasteiger partial charge in [0.05, 0.1) is 0 Å². The van der Waals surface area contributed by atoms with Gasteiger partial charge in [0.15, 0.2) is 4.08 Å². The highest BCUT2D eigenvalue weighted by molar-refractivity contribution is 8.01.